The summed E-state index contributed by atoms with van der Waals surface area (Å²) in [7, 11) is 1.33. The summed E-state index contributed by atoms with van der Waals surface area (Å²) in [4.78, 5) is 27.1. The number of hydrogen-bond acceptors (Lipinski definition) is 5. The van der Waals surface area contributed by atoms with E-state index in [1.165, 1.54) is 7.11 Å². The molecule has 0 radical (unpaired) electrons. The minimum Gasteiger partial charge on any atom is -0.469 e. The number of nitrogens with zero attached hydrogens (tertiary/aromatic N) is 1. The van der Waals surface area contributed by atoms with Gasteiger partial charge in [0.25, 0.3) is 0 Å². The maximum absolute atomic E-state index is 11.7. The van der Waals surface area contributed by atoms with Gasteiger partial charge in [0.15, 0.2) is 0 Å². The van der Waals surface area contributed by atoms with Gasteiger partial charge < -0.3 is 9.15 Å². The first kappa shape index (κ1) is 16.9. The first-order chi connectivity index (χ1) is 9.32. The summed E-state index contributed by atoms with van der Waals surface area (Å²) in [5.41, 5.74) is 1.40. The third-order valence-electron chi connectivity index (χ3n) is 3.02. The van der Waals surface area contributed by atoms with E-state index in [1.807, 2.05) is 32.9 Å². The fourth-order valence-electron chi connectivity index (χ4n) is 2.09. The molecule has 0 aliphatic rings. The van der Waals surface area contributed by atoms with Crippen LogP contribution in [0.3, 0.4) is 0 Å². The van der Waals surface area contributed by atoms with Crippen molar-refractivity contribution in [3.63, 3.8) is 0 Å². The van der Waals surface area contributed by atoms with Crippen LogP contribution in [-0.4, -0.2) is 18.1 Å². The number of esters is 1. The predicted molar refractivity (Wildman–Crippen MR) is 81.4 cm³/mol. The molecular formula is C16H21NO4. The number of carbonyl (C=O) groups is 1. The molecule has 1 aromatic heterocycles. The summed E-state index contributed by atoms with van der Waals surface area (Å²) in [5.74, 6) is -1.03. The smallest absolute Gasteiger partial charge is 0.439 e. The molecule has 0 saturated carbocycles. The molecule has 0 unspecified atom stereocenters. The maximum atomic E-state index is 11.7. The largest absolute Gasteiger partial charge is 0.469 e. The molecule has 2 aromatic rings. The number of fused-ring (bicyclic) bond motifs is 1. The zero-order valence-electron chi connectivity index (χ0n) is 12.0. The van der Waals surface area contributed by atoms with Crippen LogP contribution in [0.2, 0.25) is 0 Å². The number of rotatable bonds is 2. The summed E-state index contributed by atoms with van der Waals surface area (Å²) < 4.78 is 9.86. The molecule has 0 saturated heterocycles. The molecule has 0 bridgehead atoms. The van der Waals surface area contributed by atoms with Crippen molar-refractivity contribution in [1.82, 2.24) is 4.98 Å². The number of hydrogen-bond donors (Lipinski definition) is 0. The molecule has 0 fully saturated rings. The van der Waals surface area contributed by atoms with Gasteiger partial charge in [-0.15, -0.1) is 0 Å². The third kappa shape index (κ3) is 3.48. The maximum Gasteiger partial charge on any atom is 0.439 e. The second-order valence-corrected chi connectivity index (χ2v) is 5.63. The van der Waals surface area contributed by atoms with Crippen LogP contribution in [0.15, 0.2) is 27.4 Å². The zero-order valence-corrected chi connectivity index (χ0v) is 12.0. The lowest BCUT2D eigenvalue weighted by Crippen LogP contribution is -2.20. The Hall–Kier alpha value is -2.17. The van der Waals surface area contributed by atoms with E-state index in [-0.39, 0.29) is 25.2 Å². The second-order valence-electron chi connectivity index (χ2n) is 5.63. The molecule has 0 aliphatic carbocycles. The molecule has 0 N–H and O–H groups in total. The van der Waals surface area contributed by atoms with Crippen molar-refractivity contribution in [2.45, 2.75) is 40.0 Å². The highest BCUT2D eigenvalue weighted by Crippen LogP contribution is 2.28. The third-order valence-corrected chi connectivity index (χ3v) is 3.02. The quantitative estimate of drug-likeness (QED) is 0.796. The molecule has 21 heavy (non-hydrogen) atoms. The second kappa shape index (κ2) is 6.08. The first-order valence-electron chi connectivity index (χ1n) is 6.33. The van der Waals surface area contributed by atoms with Crippen LogP contribution in [0.1, 0.15) is 39.5 Å². The molecule has 0 spiro atoms. The summed E-state index contributed by atoms with van der Waals surface area (Å²) >= 11 is 0. The number of carbonyl (C=O) groups excluding carboxylic acids is 1. The lowest BCUT2D eigenvalue weighted by molar-refractivity contribution is -0.139. The molecular weight excluding hydrogens is 270 g/mol. The van der Waals surface area contributed by atoms with Gasteiger partial charge in [0.1, 0.15) is 5.58 Å². The Morgan fingerprint density at radius 1 is 1.33 bits per heavy atom. The van der Waals surface area contributed by atoms with Gasteiger partial charge in [-0.1, -0.05) is 40.3 Å². The van der Waals surface area contributed by atoms with Gasteiger partial charge in [0, 0.05) is 16.4 Å². The van der Waals surface area contributed by atoms with E-state index in [0.29, 0.717) is 16.8 Å². The molecule has 0 aliphatic heterocycles. The van der Waals surface area contributed by atoms with Gasteiger partial charge >= 0.3 is 11.7 Å². The number of benzene rings is 1. The van der Waals surface area contributed by atoms with Crippen molar-refractivity contribution in [1.29, 1.82) is 0 Å². The lowest BCUT2D eigenvalue weighted by Gasteiger charge is -2.19. The SMILES string of the molecule is C.COC(=O)Cc1cccc2c(C(C)(C)C)nc(=O)oc12. The van der Waals surface area contributed by atoms with Crippen LogP contribution in [0, 0.1) is 0 Å². The zero-order chi connectivity index (χ0) is 14.9. The van der Waals surface area contributed by atoms with E-state index >= 15 is 0 Å². The highest BCUT2D eigenvalue weighted by atomic mass is 16.5. The van der Waals surface area contributed by atoms with E-state index < -0.39 is 5.76 Å². The molecule has 0 atom stereocenters. The summed E-state index contributed by atoms with van der Waals surface area (Å²) in [6.45, 7) is 5.92. The number of para-hydroxylation sites is 1. The van der Waals surface area contributed by atoms with Crippen molar-refractivity contribution in [3.05, 3.63) is 40.0 Å². The van der Waals surface area contributed by atoms with Crippen molar-refractivity contribution in [2.24, 2.45) is 0 Å². The predicted octanol–water partition coefficient (Wildman–Crippen LogP) is 2.84. The summed E-state index contributed by atoms with van der Waals surface area (Å²) in [6.07, 6.45) is 0.0599. The lowest BCUT2D eigenvalue weighted by atomic mass is 9.89. The normalized spacial score (nSPS) is 11.0. The molecule has 2 rings (SSSR count). The standard InChI is InChI=1S/C15H17NO4.CH4/c1-15(2,3)13-10-7-5-6-9(8-11(17)19-4)12(10)20-14(18)16-13;/h5-7H,8H2,1-4H3;1H4. The van der Waals surface area contributed by atoms with Crippen LogP contribution >= 0.6 is 0 Å². The van der Waals surface area contributed by atoms with Gasteiger partial charge in [-0.05, 0) is 6.07 Å². The molecule has 1 aromatic carbocycles. The minimum absolute atomic E-state index is 0. The van der Waals surface area contributed by atoms with E-state index in [0.717, 1.165) is 5.39 Å². The number of methoxy groups -OCH3 is 1. The van der Waals surface area contributed by atoms with Crippen LogP contribution in [-0.2, 0) is 21.4 Å². The van der Waals surface area contributed by atoms with E-state index in [9.17, 15) is 9.59 Å². The Morgan fingerprint density at radius 2 is 2.00 bits per heavy atom. The Morgan fingerprint density at radius 3 is 2.57 bits per heavy atom. The van der Waals surface area contributed by atoms with E-state index in [2.05, 4.69) is 9.72 Å². The van der Waals surface area contributed by atoms with E-state index in [1.54, 1.807) is 6.07 Å². The van der Waals surface area contributed by atoms with Crippen molar-refractivity contribution in [3.8, 4) is 0 Å². The molecule has 5 heteroatoms. The highest BCUT2D eigenvalue weighted by Gasteiger charge is 2.22. The summed E-state index contributed by atoms with van der Waals surface area (Å²) in [5, 5.41) is 0.749. The van der Waals surface area contributed by atoms with Gasteiger partial charge in [0.05, 0.1) is 19.2 Å². The Balaban J connectivity index is 0.00000220. The van der Waals surface area contributed by atoms with Crippen LogP contribution in [0.5, 0.6) is 0 Å². The van der Waals surface area contributed by atoms with Gasteiger partial charge in [-0.3, -0.25) is 4.79 Å². The van der Waals surface area contributed by atoms with Crippen molar-refractivity contribution in [2.75, 3.05) is 7.11 Å². The summed E-state index contributed by atoms with van der Waals surface area (Å²) in [6, 6.07) is 5.40. The van der Waals surface area contributed by atoms with Crippen LogP contribution in [0.4, 0.5) is 0 Å². The fraction of sp³-hybridized carbons (Fsp3) is 0.438. The Bertz CT molecular complexity index is 710. The van der Waals surface area contributed by atoms with Crippen LogP contribution < -0.4 is 5.76 Å². The highest BCUT2D eigenvalue weighted by molar-refractivity contribution is 5.86. The van der Waals surface area contributed by atoms with Gasteiger partial charge in [-0.25, -0.2) is 4.79 Å². The number of ether oxygens (including phenoxy) is 1. The van der Waals surface area contributed by atoms with Crippen LogP contribution in [0.25, 0.3) is 11.0 Å². The average molecular weight is 291 g/mol. The van der Waals surface area contributed by atoms with Crippen molar-refractivity contribution >= 4 is 16.9 Å². The topological polar surface area (TPSA) is 69.4 Å². The average Bonchev–Trinajstić information content (AvgIpc) is 2.37. The van der Waals surface area contributed by atoms with Gasteiger partial charge in [0.2, 0.25) is 0 Å². The first-order valence-corrected chi connectivity index (χ1v) is 6.33. The molecule has 0 amide bonds. The molecule has 1 heterocycles. The Kier molecular flexibility index (Phi) is 4.88. The number of aromatic nitrogens is 1. The van der Waals surface area contributed by atoms with Gasteiger partial charge in [-0.2, -0.15) is 4.98 Å². The molecule has 5 nitrogen and oxygen atoms in total. The Labute approximate surface area is 123 Å². The molecule has 114 valence electrons. The monoisotopic (exact) mass is 291 g/mol. The van der Waals surface area contributed by atoms with Crippen molar-refractivity contribution < 1.29 is 13.9 Å². The fourth-order valence-corrected chi connectivity index (χ4v) is 2.09. The van der Waals surface area contributed by atoms with E-state index in [4.69, 9.17) is 4.42 Å². The minimum atomic E-state index is -0.653.